The number of methoxy groups -OCH3 is 1. The number of hydrogen-bond acceptors (Lipinski definition) is 4. The van der Waals surface area contributed by atoms with Crippen LogP contribution in [-0.4, -0.2) is 18.1 Å². The van der Waals surface area contributed by atoms with Gasteiger partial charge in [0.15, 0.2) is 5.69 Å². The minimum Gasteiger partial charge on any atom is -0.488 e. The lowest BCUT2D eigenvalue weighted by atomic mass is 10.1. The lowest BCUT2D eigenvalue weighted by Gasteiger charge is -2.11. The highest BCUT2D eigenvalue weighted by Gasteiger charge is 2.14. The van der Waals surface area contributed by atoms with E-state index < -0.39 is 11.8 Å². The molecule has 3 rings (SSSR count). The second-order valence-electron chi connectivity index (χ2n) is 5.39. The van der Waals surface area contributed by atoms with E-state index in [1.165, 1.54) is 31.4 Å². The van der Waals surface area contributed by atoms with Crippen molar-refractivity contribution in [3.63, 3.8) is 0 Å². The van der Waals surface area contributed by atoms with E-state index in [1.807, 2.05) is 24.3 Å². The first-order valence-electron chi connectivity index (χ1n) is 7.63. The lowest BCUT2D eigenvalue weighted by Crippen LogP contribution is -2.06. The number of carbonyl (C=O) groups is 1. The van der Waals surface area contributed by atoms with Crippen molar-refractivity contribution in [1.82, 2.24) is 4.98 Å². The molecular formula is C20H16FNO3. The molecule has 0 N–H and O–H groups in total. The normalized spacial score (nSPS) is 10.5. The number of carbonyl (C=O) groups excluding carboxylic acids is 1. The third-order valence-corrected chi connectivity index (χ3v) is 3.74. The molecule has 2 aromatic carbocycles. The van der Waals surface area contributed by atoms with E-state index in [0.29, 0.717) is 16.7 Å². The Balaban J connectivity index is 1.95. The van der Waals surface area contributed by atoms with Crippen molar-refractivity contribution >= 4 is 22.9 Å². The average molecular weight is 337 g/mol. The molecule has 0 unspecified atom stereocenters. The van der Waals surface area contributed by atoms with Gasteiger partial charge in [0.05, 0.1) is 12.6 Å². The molecule has 1 aromatic heterocycles. The predicted molar refractivity (Wildman–Crippen MR) is 93.9 cm³/mol. The first kappa shape index (κ1) is 16.6. The highest BCUT2D eigenvalue weighted by atomic mass is 19.1. The molecule has 5 heteroatoms. The summed E-state index contributed by atoms with van der Waals surface area (Å²) in [6.45, 7) is 3.98. The number of halogens is 1. The molecule has 1 heterocycles. The fourth-order valence-electron chi connectivity index (χ4n) is 2.41. The molecule has 0 radical (unpaired) electrons. The van der Waals surface area contributed by atoms with Crippen LogP contribution in [0.1, 0.15) is 21.6 Å². The van der Waals surface area contributed by atoms with Gasteiger partial charge >= 0.3 is 5.97 Å². The Labute approximate surface area is 144 Å². The van der Waals surface area contributed by atoms with Crippen LogP contribution in [-0.2, 0) is 11.3 Å². The molecular weight excluding hydrogens is 321 g/mol. The summed E-state index contributed by atoms with van der Waals surface area (Å²) in [6, 6.07) is 13.3. The monoisotopic (exact) mass is 337 g/mol. The van der Waals surface area contributed by atoms with Gasteiger partial charge in [-0.15, -0.1) is 0 Å². The van der Waals surface area contributed by atoms with Crippen LogP contribution in [0.15, 0.2) is 55.1 Å². The van der Waals surface area contributed by atoms with Gasteiger partial charge in [-0.05, 0) is 29.3 Å². The summed E-state index contributed by atoms with van der Waals surface area (Å²) in [6.07, 6.45) is 1.76. The van der Waals surface area contributed by atoms with Gasteiger partial charge in [0.1, 0.15) is 18.2 Å². The second-order valence-corrected chi connectivity index (χ2v) is 5.39. The smallest absolute Gasteiger partial charge is 0.356 e. The molecule has 25 heavy (non-hydrogen) atoms. The minimum atomic E-state index is -0.577. The van der Waals surface area contributed by atoms with E-state index in [0.717, 1.165) is 11.1 Å². The van der Waals surface area contributed by atoms with Crippen LogP contribution in [0.2, 0.25) is 0 Å². The predicted octanol–water partition coefficient (Wildman–Crippen LogP) is 4.38. The van der Waals surface area contributed by atoms with Crippen molar-refractivity contribution in [2.75, 3.05) is 7.11 Å². The summed E-state index contributed by atoms with van der Waals surface area (Å²) in [7, 11) is 1.28. The molecule has 4 nitrogen and oxygen atoms in total. The molecule has 3 aromatic rings. The van der Waals surface area contributed by atoms with Crippen LogP contribution < -0.4 is 4.74 Å². The second kappa shape index (κ2) is 7.13. The quantitative estimate of drug-likeness (QED) is 0.648. The number of fused-ring (bicyclic) bond motifs is 1. The van der Waals surface area contributed by atoms with Gasteiger partial charge in [-0.2, -0.15) is 0 Å². The van der Waals surface area contributed by atoms with Crippen molar-refractivity contribution in [1.29, 1.82) is 0 Å². The minimum absolute atomic E-state index is 0.110. The maximum atomic E-state index is 13.6. The fraction of sp³-hybridized carbons (Fsp3) is 0.100. The number of ether oxygens (including phenoxy) is 2. The highest BCUT2D eigenvalue weighted by molar-refractivity contribution is 5.94. The third-order valence-electron chi connectivity index (χ3n) is 3.74. The van der Waals surface area contributed by atoms with Gasteiger partial charge in [-0.1, -0.05) is 36.9 Å². The SMILES string of the molecule is C=Cc1ccc(COc2cc(C(=O)OC)nc3ccc(F)cc23)cc1. The summed E-state index contributed by atoms with van der Waals surface area (Å²) >= 11 is 0. The molecule has 0 aliphatic carbocycles. The van der Waals surface area contributed by atoms with Crippen LogP contribution in [0.4, 0.5) is 4.39 Å². The molecule has 0 saturated carbocycles. The summed E-state index contributed by atoms with van der Waals surface area (Å²) in [5.41, 5.74) is 2.51. The zero-order chi connectivity index (χ0) is 17.8. The summed E-state index contributed by atoms with van der Waals surface area (Å²) in [5.74, 6) is -0.607. The molecule has 0 saturated heterocycles. The lowest BCUT2D eigenvalue weighted by molar-refractivity contribution is 0.0594. The van der Waals surface area contributed by atoms with Gasteiger partial charge in [0.25, 0.3) is 0 Å². The zero-order valence-electron chi connectivity index (χ0n) is 13.7. The Morgan fingerprint density at radius 3 is 2.64 bits per heavy atom. The molecule has 0 spiro atoms. The maximum absolute atomic E-state index is 13.6. The van der Waals surface area contributed by atoms with Crippen LogP contribution >= 0.6 is 0 Å². The van der Waals surface area contributed by atoms with Crippen molar-refractivity contribution in [3.8, 4) is 5.75 Å². The van der Waals surface area contributed by atoms with Crippen molar-refractivity contribution in [2.24, 2.45) is 0 Å². The first-order valence-corrected chi connectivity index (χ1v) is 7.63. The Bertz CT molecular complexity index is 936. The first-order chi connectivity index (χ1) is 12.1. The van der Waals surface area contributed by atoms with Crippen LogP contribution in [0.3, 0.4) is 0 Å². The van der Waals surface area contributed by atoms with E-state index >= 15 is 0 Å². The van der Waals surface area contributed by atoms with Crippen LogP contribution in [0.5, 0.6) is 5.75 Å². The standard InChI is InChI=1S/C20H16FNO3/c1-3-13-4-6-14(7-5-13)12-25-19-11-18(20(23)24-2)22-17-9-8-15(21)10-16(17)19/h3-11H,1,12H2,2H3. The molecule has 0 amide bonds. The molecule has 0 atom stereocenters. The van der Waals surface area contributed by atoms with Gasteiger partial charge in [-0.3, -0.25) is 0 Å². The Hall–Kier alpha value is -3.21. The Morgan fingerprint density at radius 1 is 1.20 bits per heavy atom. The number of pyridine rings is 1. The van der Waals surface area contributed by atoms with Gasteiger partial charge in [-0.25, -0.2) is 14.2 Å². The molecule has 126 valence electrons. The van der Waals surface area contributed by atoms with Gasteiger partial charge in [0.2, 0.25) is 0 Å². The number of benzene rings is 2. The van der Waals surface area contributed by atoms with Crippen LogP contribution in [0.25, 0.3) is 17.0 Å². The largest absolute Gasteiger partial charge is 0.488 e. The number of nitrogens with zero attached hydrogens (tertiary/aromatic N) is 1. The summed E-state index contributed by atoms with van der Waals surface area (Å²) in [4.78, 5) is 16.0. The van der Waals surface area contributed by atoms with E-state index in [-0.39, 0.29) is 12.3 Å². The Morgan fingerprint density at radius 2 is 1.96 bits per heavy atom. The molecule has 0 bridgehead atoms. The number of esters is 1. The number of aromatic nitrogens is 1. The maximum Gasteiger partial charge on any atom is 0.356 e. The topological polar surface area (TPSA) is 48.4 Å². The van der Waals surface area contributed by atoms with E-state index in [9.17, 15) is 9.18 Å². The molecule has 0 fully saturated rings. The van der Waals surface area contributed by atoms with E-state index in [1.54, 1.807) is 6.08 Å². The van der Waals surface area contributed by atoms with Crippen LogP contribution in [0, 0.1) is 5.82 Å². The van der Waals surface area contributed by atoms with Gasteiger partial charge < -0.3 is 9.47 Å². The fourth-order valence-corrected chi connectivity index (χ4v) is 2.41. The summed E-state index contributed by atoms with van der Waals surface area (Å²) in [5, 5.41) is 0.496. The summed E-state index contributed by atoms with van der Waals surface area (Å²) < 4.78 is 24.1. The average Bonchev–Trinajstić information content (AvgIpc) is 2.65. The third kappa shape index (κ3) is 3.66. The van der Waals surface area contributed by atoms with Crippen molar-refractivity contribution in [2.45, 2.75) is 6.61 Å². The number of hydrogen-bond donors (Lipinski definition) is 0. The van der Waals surface area contributed by atoms with Gasteiger partial charge in [0, 0.05) is 11.5 Å². The highest BCUT2D eigenvalue weighted by Crippen LogP contribution is 2.27. The Kier molecular flexibility index (Phi) is 4.75. The van der Waals surface area contributed by atoms with E-state index in [4.69, 9.17) is 9.47 Å². The zero-order valence-corrected chi connectivity index (χ0v) is 13.7. The van der Waals surface area contributed by atoms with Crippen molar-refractivity contribution < 1.29 is 18.7 Å². The van der Waals surface area contributed by atoms with Crippen molar-refractivity contribution in [3.05, 3.63) is 77.7 Å². The number of rotatable bonds is 5. The molecule has 0 aliphatic heterocycles. The van der Waals surface area contributed by atoms with E-state index in [2.05, 4.69) is 11.6 Å². The molecule has 0 aliphatic rings.